The second kappa shape index (κ2) is 16.5. The molecule has 0 unspecified atom stereocenters. The molecule has 230 valence electrons. The molecule has 13 heteroatoms. The highest BCUT2D eigenvalue weighted by Gasteiger charge is 2.31. The Morgan fingerprint density at radius 1 is 1.02 bits per heavy atom. The van der Waals surface area contributed by atoms with Gasteiger partial charge in [0, 0.05) is 32.6 Å². The van der Waals surface area contributed by atoms with Crippen molar-refractivity contribution in [1.82, 2.24) is 14.9 Å². The maximum atomic E-state index is 12.8. The van der Waals surface area contributed by atoms with Crippen LogP contribution in [0.1, 0.15) is 44.2 Å². The minimum absolute atomic E-state index is 0.0205. The van der Waals surface area contributed by atoms with Crippen LogP contribution in [0.3, 0.4) is 0 Å². The van der Waals surface area contributed by atoms with E-state index in [1.807, 2.05) is 32.0 Å². The molecule has 41 heavy (non-hydrogen) atoms. The van der Waals surface area contributed by atoms with Gasteiger partial charge in [-0.1, -0.05) is 38.1 Å². The highest BCUT2D eigenvalue weighted by molar-refractivity contribution is 7.89. The van der Waals surface area contributed by atoms with Crippen LogP contribution in [0, 0.1) is 0 Å². The topological polar surface area (TPSA) is 117 Å². The average Bonchev–Trinajstić information content (AvgIpc) is 2.91. The van der Waals surface area contributed by atoms with Crippen molar-refractivity contribution >= 4 is 15.9 Å². The summed E-state index contributed by atoms with van der Waals surface area (Å²) in [7, 11) is -2.12. The number of aliphatic hydroxyl groups is 1. The minimum atomic E-state index is -4.87. The molecular formula is C28H40F3N3O6S. The zero-order valence-corrected chi connectivity index (χ0v) is 24.4. The fourth-order valence-corrected chi connectivity index (χ4v) is 5.84. The number of halogens is 3. The minimum Gasteiger partial charge on any atom is -0.497 e. The SMILES string of the molecule is CCCN(CCC)S(=O)(=O)CCC(=O)N[C@@H](Cc1cccc(OC(F)(F)F)c1)[C@H](O)CNCc1cccc(OC)c1. The number of benzene rings is 2. The number of nitrogens with zero attached hydrogens (tertiary/aromatic N) is 1. The fraction of sp³-hybridized carbons (Fsp3) is 0.536. The second-order valence-electron chi connectivity index (χ2n) is 9.59. The Morgan fingerprint density at radius 3 is 2.24 bits per heavy atom. The number of amides is 1. The Labute approximate surface area is 240 Å². The van der Waals surface area contributed by atoms with Crippen molar-refractivity contribution in [2.45, 2.75) is 64.6 Å². The number of nitrogens with one attached hydrogen (secondary N) is 2. The van der Waals surface area contributed by atoms with E-state index in [2.05, 4.69) is 15.4 Å². The highest BCUT2D eigenvalue weighted by Crippen LogP contribution is 2.24. The van der Waals surface area contributed by atoms with Crippen LogP contribution in [0.2, 0.25) is 0 Å². The fourth-order valence-electron chi connectivity index (χ4n) is 4.21. The lowest BCUT2D eigenvalue weighted by Gasteiger charge is -2.26. The standard InChI is InChI=1S/C28H40F3N3O6S/c1-4-13-34(14-5-2)41(37,38)15-12-27(36)33-25(18-21-8-6-11-24(16-21)40-28(29,30)31)26(35)20-32-19-22-9-7-10-23(17-22)39-3/h6-11,16-17,25-26,32,35H,4-5,12-15,18-20H2,1-3H3,(H,33,36)/t25-,26+/m0/s1. The Bertz CT molecular complexity index is 1190. The van der Waals surface area contributed by atoms with Gasteiger partial charge in [0.25, 0.3) is 0 Å². The Kier molecular flexibility index (Phi) is 13.9. The predicted octanol–water partition coefficient (Wildman–Crippen LogP) is 3.61. The van der Waals surface area contributed by atoms with Crippen LogP contribution in [-0.4, -0.2) is 74.7 Å². The van der Waals surface area contributed by atoms with Gasteiger partial charge in [0.15, 0.2) is 0 Å². The third-order valence-corrected chi connectivity index (χ3v) is 8.01. The van der Waals surface area contributed by atoms with Crippen LogP contribution >= 0.6 is 0 Å². The molecule has 0 aliphatic carbocycles. The molecule has 0 spiro atoms. The molecule has 2 aromatic carbocycles. The lowest BCUT2D eigenvalue weighted by atomic mass is 10.0. The Balaban J connectivity index is 2.12. The van der Waals surface area contributed by atoms with E-state index in [4.69, 9.17) is 4.74 Å². The van der Waals surface area contributed by atoms with Crippen LogP contribution < -0.4 is 20.1 Å². The number of hydrogen-bond donors (Lipinski definition) is 3. The maximum Gasteiger partial charge on any atom is 0.573 e. The van der Waals surface area contributed by atoms with E-state index in [9.17, 15) is 31.5 Å². The molecule has 0 saturated carbocycles. The number of hydrogen-bond acceptors (Lipinski definition) is 7. The van der Waals surface area contributed by atoms with E-state index >= 15 is 0 Å². The van der Waals surface area contributed by atoms with Crippen molar-refractivity contribution in [3.8, 4) is 11.5 Å². The molecule has 0 aliphatic rings. The summed E-state index contributed by atoms with van der Waals surface area (Å²) in [5.41, 5.74) is 1.27. The lowest BCUT2D eigenvalue weighted by molar-refractivity contribution is -0.274. The average molecular weight is 604 g/mol. The van der Waals surface area contributed by atoms with Gasteiger partial charge in [0.1, 0.15) is 11.5 Å². The van der Waals surface area contributed by atoms with Gasteiger partial charge in [-0.25, -0.2) is 12.7 Å². The van der Waals surface area contributed by atoms with Crippen molar-refractivity contribution in [3.63, 3.8) is 0 Å². The zero-order valence-electron chi connectivity index (χ0n) is 23.6. The summed E-state index contributed by atoms with van der Waals surface area (Å²) in [6, 6.07) is 11.7. The number of alkyl halides is 3. The van der Waals surface area contributed by atoms with Crippen LogP contribution in [0.25, 0.3) is 0 Å². The molecule has 3 N–H and O–H groups in total. The van der Waals surface area contributed by atoms with E-state index in [1.54, 1.807) is 19.2 Å². The van der Waals surface area contributed by atoms with Crippen molar-refractivity contribution in [2.75, 3.05) is 32.5 Å². The Morgan fingerprint density at radius 2 is 1.63 bits per heavy atom. The molecule has 0 saturated heterocycles. The summed E-state index contributed by atoms with van der Waals surface area (Å²) >= 11 is 0. The van der Waals surface area contributed by atoms with Gasteiger partial charge in [0.05, 0.1) is 25.0 Å². The summed E-state index contributed by atoms with van der Waals surface area (Å²) in [6.07, 6.45) is -5.09. The second-order valence-corrected chi connectivity index (χ2v) is 11.7. The molecule has 0 bridgehead atoms. The van der Waals surface area contributed by atoms with Gasteiger partial charge in [0.2, 0.25) is 15.9 Å². The number of rotatable bonds is 18. The van der Waals surface area contributed by atoms with Gasteiger partial charge >= 0.3 is 6.36 Å². The smallest absolute Gasteiger partial charge is 0.497 e. The van der Waals surface area contributed by atoms with E-state index in [0.29, 0.717) is 43.8 Å². The summed E-state index contributed by atoms with van der Waals surface area (Å²) in [6.45, 7) is 4.87. The summed E-state index contributed by atoms with van der Waals surface area (Å²) in [4.78, 5) is 12.8. The molecule has 2 atom stereocenters. The first kappa shape index (κ1) is 34.3. The van der Waals surface area contributed by atoms with Crippen molar-refractivity contribution in [1.29, 1.82) is 0 Å². The highest BCUT2D eigenvalue weighted by atomic mass is 32.2. The molecule has 2 rings (SSSR count). The van der Waals surface area contributed by atoms with E-state index in [0.717, 1.165) is 11.6 Å². The molecule has 0 heterocycles. The molecular weight excluding hydrogens is 563 g/mol. The van der Waals surface area contributed by atoms with Gasteiger partial charge < -0.3 is 25.2 Å². The van der Waals surface area contributed by atoms with E-state index in [1.165, 1.54) is 16.4 Å². The predicted molar refractivity (Wildman–Crippen MR) is 150 cm³/mol. The summed E-state index contributed by atoms with van der Waals surface area (Å²) < 4.78 is 74.2. The first-order chi connectivity index (χ1) is 19.4. The number of ether oxygens (including phenoxy) is 2. The van der Waals surface area contributed by atoms with Crippen LogP contribution in [-0.2, 0) is 27.8 Å². The molecule has 0 aliphatic heterocycles. The largest absolute Gasteiger partial charge is 0.573 e. The van der Waals surface area contributed by atoms with Crippen molar-refractivity contribution in [3.05, 3.63) is 59.7 Å². The van der Waals surface area contributed by atoms with Gasteiger partial charge in [-0.2, -0.15) is 0 Å². The molecule has 0 radical (unpaired) electrons. The van der Waals surface area contributed by atoms with Crippen LogP contribution in [0.4, 0.5) is 13.2 Å². The van der Waals surface area contributed by atoms with Gasteiger partial charge in [-0.3, -0.25) is 4.79 Å². The van der Waals surface area contributed by atoms with Gasteiger partial charge in [-0.15, -0.1) is 13.2 Å². The van der Waals surface area contributed by atoms with Gasteiger partial charge in [-0.05, 0) is 54.7 Å². The first-order valence-corrected chi connectivity index (χ1v) is 15.1. The number of carbonyl (C=O) groups excluding carboxylic acids is 1. The number of sulfonamides is 1. The maximum absolute atomic E-state index is 12.8. The molecule has 9 nitrogen and oxygen atoms in total. The summed E-state index contributed by atoms with van der Waals surface area (Å²) in [5.74, 6) is -0.753. The van der Waals surface area contributed by atoms with Crippen molar-refractivity contribution < 1.29 is 41.0 Å². The monoisotopic (exact) mass is 603 g/mol. The number of aliphatic hydroxyl groups excluding tert-OH is 1. The molecule has 0 aromatic heterocycles. The molecule has 0 fully saturated rings. The summed E-state index contributed by atoms with van der Waals surface area (Å²) in [5, 5.41) is 16.8. The third kappa shape index (κ3) is 12.7. The molecule has 2 aromatic rings. The lowest BCUT2D eigenvalue weighted by Crippen LogP contribution is -2.49. The van der Waals surface area contributed by atoms with Crippen LogP contribution in [0.15, 0.2) is 48.5 Å². The van der Waals surface area contributed by atoms with Crippen molar-refractivity contribution in [2.24, 2.45) is 0 Å². The third-order valence-electron chi connectivity index (χ3n) is 6.14. The normalized spacial score (nSPS) is 13.6. The quantitative estimate of drug-likeness (QED) is 0.238. The van der Waals surface area contributed by atoms with E-state index < -0.39 is 45.9 Å². The van der Waals surface area contributed by atoms with Crippen LogP contribution in [0.5, 0.6) is 11.5 Å². The first-order valence-electron chi connectivity index (χ1n) is 13.5. The number of methoxy groups -OCH3 is 1. The number of carbonyl (C=O) groups is 1. The zero-order chi connectivity index (χ0) is 30.5. The Hall–Kier alpha value is -2.87. The van der Waals surface area contributed by atoms with E-state index in [-0.39, 0.29) is 19.4 Å². The molecule has 1 amide bonds.